The van der Waals surface area contributed by atoms with Gasteiger partial charge in [0, 0.05) is 30.7 Å². The summed E-state index contributed by atoms with van der Waals surface area (Å²) in [5.41, 5.74) is 1.39. The van der Waals surface area contributed by atoms with E-state index in [1.54, 1.807) is 19.2 Å². The topological polar surface area (TPSA) is 152 Å². The molecule has 0 bridgehead atoms. The summed E-state index contributed by atoms with van der Waals surface area (Å²) in [4.78, 5) is 0. The van der Waals surface area contributed by atoms with Crippen LogP contribution >= 0.6 is 23.2 Å². The standard InChI is InChI=1S/C18H25BClNO4.C18H28BClO7S/c1-17(2)18(3,4)25-19(24-17)15-10-13(23-12-22-5)11-16(20)14(15)8-6-7-9-21;1-17(2)18(3,4)27-19(26-17)15-10-13(25-12-24-5)11-16(20)14(15)8-6-7-9-28(21,22)23/h10-11H,6-8,12H2,1-5H3;10-11H,6-9,12H2,1-5H3,(H,21,22,23). The second-order valence-electron chi connectivity index (χ2n) is 15.0. The Kier molecular flexibility index (Phi) is 16.0. The molecule has 53 heavy (non-hydrogen) atoms. The molecule has 0 aromatic heterocycles. The lowest BCUT2D eigenvalue weighted by Crippen LogP contribution is -2.41. The van der Waals surface area contributed by atoms with E-state index in [-0.39, 0.29) is 19.3 Å². The zero-order chi connectivity index (χ0) is 39.8. The van der Waals surface area contributed by atoms with E-state index in [0.29, 0.717) is 53.6 Å². The second kappa shape index (κ2) is 18.7. The lowest BCUT2D eigenvalue weighted by molar-refractivity contribution is 0.00578. The van der Waals surface area contributed by atoms with Crippen molar-refractivity contribution in [3.05, 3.63) is 45.4 Å². The fraction of sp³-hybridized carbons (Fsp3) is 0.639. The van der Waals surface area contributed by atoms with Crippen LogP contribution in [0, 0.1) is 11.3 Å². The van der Waals surface area contributed by atoms with E-state index < -0.39 is 46.8 Å². The van der Waals surface area contributed by atoms with Crippen molar-refractivity contribution in [1.82, 2.24) is 0 Å². The van der Waals surface area contributed by atoms with Crippen LogP contribution in [0.2, 0.25) is 10.0 Å². The summed E-state index contributed by atoms with van der Waals surface area (Å²) >= 11 is 13.0. The summed E-state index contributed by atoms with van der Waals surface area (Å²) in [6, 6.07) is 9.31. The van der Waals surface area contributed by atoms with E-state index in [1.165, 1.54) is 7.11 Å². The highest BCUT2D eigenvalue weighted by Crippen LogP contribution is 2.39. The van der Waals surface area contributed by atoms with Crippen molar-refractivity contribution in [2.75, 3.05) is 33.6 Å². The number of nitriles is 1. The molecule has 0 spiro atoms. The molecule has 0 saturated carbocycles. The molecule has 2 fully saturated rings. The van der Waals surface area contributed by atoms with E-state index in [4.69, 9.17) is 70.6 Å². The molecular formula is C36H53B2Cl2NO11S. The van der Waals surface area contributed by atoms with Gasteiger partial charge in [0.2, 0.25) is 0 Å². The molecule has 4 rings (SSSR count). The Morgan fingerprint density at radius 3 is 1.42 bits per heavy atom. The summed E-state index contributed by atoms with van der Waals surface area (Å²) in [7, 11) is -2.06. The largest absolute Gasteiger partial charge is 0.495 e. The highest BCUT2D eigenvalue weighted by molar-refractivity contribution is 7.85. The van der Waals surface area contributed by atoms with Crippen molar-refractivity contribution < 1.29 is 50.5 Å². The van der Waals surface area contributed by atoms with Crippen molar-refractivity contribution in [2.24, 2.45) is 0 Å². The Morgan fingerprint density at radius 1 is 0.698 bits per heavy atom. The first-order valence-electron chi connectivity index (χ1n) is 17.5. The van der Waals surface area contributed by atoms with Crippen molar-refractivity contribution in [1.29, 1.82) is 5.26 Å². The maximum atomic E-state index is 10.9. The maximum Gasteiger partial charge on any atom is 0.495 e. The Morgan fingerprint density at radius 2 is 1.08 bits per heavy atom. The first-order valence-corrected chi connectivity index (χ1v) is 19.9. The Bertz CT molecular complexity index is 1670. The van der Waals surface area contributed by atoms with E-state index in [2.05, 4.69) is 6.07 Å². The first kappa shape index (κ1) is 45.3. The molecule has 2 aliphatic rings. The smallest absolute Gasteiger partial charge is 0.468 e. The summed E-state index contributed by atoms with van der Waals surface area (Å²) < 4.78 is 76.5. The molecule has 0 amide bonds. The lowest BCUT2D eigenvalue weighted by Gasteiger charge is -2.32. The SMILES string of the molecule is COCOc1cc(Cl)c(CCCC#N)c(B2OC(C)(C)C(C)(C)O2)c1.COCOc1cc(Cl)c(CCCCS(=O)(=O)O)c(B2OC(C)(C)C(C)(C)O2)c1. The normalized spacial score (nSPS) is 18.3. The summed E-state index contributed by atoms with van der Waals surface area (Å²) in [5, 5.41) is 9.86. The minimum absolute atomic E-state index is 0.0762. The van der Waals surface area contributed by atoms with Gasteiger partial charge in [-0.3, -0.25) is 4.55 Å². The van der Waals surface area contributed by atoms with Gasteiger partial charge in [0.25, 0.3) is 10.1 Å². The van der Waals surface area contributed by atoms with Crippen LogP contribution in [0.15, 0.2) is 24.3 Å². The average Bonchev–Trinajstić information content (AvgIpc) is 3.41. The number of methoxy groups -OCH3 is 2. The van der Waals surface area contributed by atoms with Crippen LogP contribution in [0.3, 0.4) is 0 Å². The number of unbranched alkanes of at least 4 members (excludes halogenated alkanes) is 2. The molecule has 0 atom stereocenters. The van der Waals surface area contributed by atoms with Crippen LogP contribution < -0.4 is 20.4 Å². The van der Waals surface area contributed by atoms with Crippen LogP contribution in [0.1, 0.15) is 92.2 Å². The van der Waals surface area contributed by atoms with Crippen molar-refractivity contribution in [3.63, 3.8) is 0 Å². The van der Waals surface area contributed by atoms with Gasteiger partial charge in [-0.2, -0.15) is 13.7 Å². The Hall–Kier alpha value is -2.09. The van der Waals surface area contributed by atoms with Gasteiger partial charge in [0.15, 0.2) is 13.6 Å². The quantitative estimate of drug-likeness (QED) is 0.0878. The van der Waals surface area contributed by atoms with Crippen LogP contribution in [-0.2, 0) is 51.1 Å². The molecule has 2 aromatic rings. The average molecular weight is 800 g/mol. The lowest BCUT2D eigenvalue weighted by atomic mass is 9.74. The highest BCUT2D eigenvalue weighted by atomic mass is 35.5. The van der Waals surface area contributed by atoms with E-state index >= 15 is 0 Å². The summed E-state index contributed by atoms with van der Waals surface area (Å²) in [6.45, 7) is 16.1. The molecule has 294 valence electrons. The third kappa shape index (κ3) is 12.2. The third-order valence-electron chi connectivity index (χ3n) is 9.90. The number of hydrogen-bond acceptors (Lipinski definition) is 11. The summed E-state index contributed by atoms with van der Waals surface area (Å²) in [5.74, 6) is 0.838. The molecule has 1 N–H and O–H groups in total. The first-order chi connectivity index (χ1) is 24.6. The minimum Gasteiger partial charge on any atom is -0.468 e. The minimum atomic E-state index is -3.98. The van der Waals surface area contributed by atoms with E-state index in [9.17, 15) is 8.42 Å². The van der Waals surface area contributed by atoms with Crippen molar-refractivity contribution in [3.8, 4) is 17.6 Å². The number of halogens is 2. The molecule has 2 aromatic carbocycles. The molecule has 2 aliphatic heterocycles. The maximum absolute atomic E-state index is 10.9. The summed E-state index contributed by atoms with van der Waals surface area (Å²) in [6.07, 6.45) is 3.24. The van der Waals surface area contributed by atoms with Crippen LogP contribution in [-0.4, -0.2) is 83.2 Å². The van der Waals surface area contributed by atoms with Gasteiger partial charge >= 0.3 is 14.2 Å². The second-order valence-corrected chi connectivity index (χ2v) is 17.4. The molecule has 0 aliphatic carbocycles. The zero-order valence-electron chi connectivity index (χ0n) is 32.5. The number of benzene rings is 2. The predicted molar refractivity (Wildman–Crippen MR) is 207 cm³/mol. The van der Waals surface area contributed by atoms with Gasteiger partial charge in [-0.05, 0) is 134 Å². The van der Waals surface area contributed by atoms with Gasteiger partial charge in [0.05, 0.1) is 34.2 Å². The molecule has 0 radical (unpaired) electrons. The molecule has 2 saturated heterocycles. The third-order valence-corrected chi connectivity index (χ3v) is 11.4. The monoisotopic (exact) mass is 799 g/mol. The van der Waals surface area contributed by atoms with Gasteiger partial charge in [-0.25, -0.2) is 0 Å². The van der Waals surface area contributed by atoms with E-state index in [0.717, 1.165) is 28.5 Å². The fourth-order valence-corrected chi connectivity index (χ4v) is 6.69. The molecule has 12 nitrogen and oxygen atoms in total. The number of hydrogen-bond donors (Lipinski definition) is 1. The highest BCUT2D eigenvalue weighted by Gasteiger charge is 2.53. The van der Waals surface area contributed by atoms with Crippen molar-refractivity contribution in [2.45, 2.75) is 116 Å². The van der Waals surface area contributed by atoms with Crippen LogP contribution in [0.4, 0.5) is 0 Å². The number of nitrogens with zero attached hydrogens (tertiary/aromatic N) is 1. The van der Waals surface area contributed by atoms with Gasteiger partial charge in [-0.1, -0.05) is 23.2 Å². The van der Waals surface area contributed by atoms with Crippen LogP contribution in [0.5, 0.6) is 11.5 Å². The molecule has 2 heterocycles. The molecule has 17 heteroatoms. The van der Waals surface area contributed by atoms with Gasteiger partial charge in [0.1, 0.15) is 11.5 Å². The Labute approximate surface area is 326 Å². The zero-order valence-corrected chi connectivity index (χ0v) is 34.8. The van der Waals surface area contributed by atoms with Gasteiger partial charge < -0.3 is 37.6 Å². The molecular weight excluding hydrogens is 747 g/mol. The van der Waals surface area contributed by atoms with E-state index in [1.807, 2.05) is 67.5 Å². The van der Waals surface area contributed by atoms with Gasteiger partial charge in [-0.15, -0.1) is 0 Å². The number of ether oxygens (including phenoxy) is 4. The fourth-order valence-electron chi connectivity index (χ4n) is 5.50. The van der Waals surface area contributed by atoms with Crippen molar-refractivity contribution >= 4 is 58.5 Å². The number of rotatable bonds is 16. The predicted octanol–water partition coefficient (Wildman–Crippen LogP) is 6.30. The molecule has 0 unspecified atom stereocenters. The Balaban J connectivity index is 0.000000287. The van der Waals surface area contributed by atoms with Crippen LogP contribution in [0.25, 0.3) is 0 Å².